The topological polar surface area (TPSA) is 71.5 Å². The van der Waals surface area contributed by atoms with Crippen molar-refractivity contribution in [1.82, 2.24) is 0 Å². The van der Waals surface area contributed by atoms with Crippen molar-refractivity contribution in [2.75, 3.05) is 0 Å². The van der Waals surface area contributed by atoms with Gasteiger partial charge in [-0.3, -0.25) is 0 Å². The lowest BCUT2D eigenvalue weighted by molar-refractivity contribution is 0.139. The number of hydrogen-bond acceptors (Lipinski definition) is 4. The van der Waals surface area contributed by atoms with Crippen molar-refractivity contribution < 1.29 is 4.74 Å². The molecule has 1 aliphatic heterocycles. The average Bonchev–Trinajstić information content (AvgIpc) is 1.94. The van der Waals surface area contributed by atoms with Gasteiger partial charge in [0.15, 0.2) is 0 Å². The second-order valence-electron chi connectivity index (χ2n) is 2.04. The minimum Gasteiger partial charge on any atom is -0.466 e. The Balaban J connectivity index is 2.77. The van der Waals surface area contributed by atoms with E-state index in [2.05, 4.69) is 5.11 Å². The highest BCUT2D eigenvalue weighted by Crippen LogP contribution is 2.13. The Morgan fingerprint density at radius 2 is 2.40 bits per heavy atom. The molecule has 1 heterocycles. The van der Waals surface area contributed by atoms with Crippen molar-refractivity contribution in [2.45, 2.75) is 13.2 Å². The molecule has 0 aromatic rings. The second kappa shape index (κ2) is 2.51. The Morgan fingerprint density at radius 3 is 2.90 bits per heavy atom. The molecule has 0 bridgehead atoms. The van der Waals surface area contributed by atoms with E-state index in [0.29, 0.717) is 5.70 Å². The van der Waals surface area contributed by atoms with E-state index >= 15 is 0 Å². The van der Waals surface area contributed by atoms with Crippen molar-refractivity contribution in [3.05, 3.63) is 23.6 Å². The molecule has 10 heavy (non-hydrogen) atoms. The summed E-state index contributed by atoms with van der Waals surface area (Å²) in [6.45, 7) is 1.79. The normalized spacial score (nSPS) is 24.3. The van der Waals surface area contributed by atoms with Crippen LogP contribution in [0, 0.1) is 5.53 Å². The number of nitrogens with two attached hydrogens (primary N) is 1. The van der Waals surface area contributed by atoms with E-state index in [0.717, 1.165) is 5.76 Å². The van der Waals surface area contributed by atoms with E-state index in [4.69, 9.17) is 16.0 Å². The first-order chi connectivity index (χ1) is 4.74. The Hall–Kier alpha value is -1.32. The summed E-state index contributed by atoms with van der Waals surface area (Å²) < 4.78 is 5.06. The monoisotopic (exact) mass is 139 g/mol. The Morgan fingerprint density at radius 1 is 1.70 bits per heavy atom. The fraction of sp³-hybridized carbons (Fsp3) is 0.333. The lowest BCUT2D eigenvalue weighted by Crippen LogP contribution is -2.20. The standard InChI is InChI=1S/C6H9N3O/c1-4-2-3-5(7)6(9-8)10-4/h2-3,6,8H,7H2,1H3. The van der Waals surface area contributed by atoms with Crippen molar-refractivity contribution >= 4 is 0 Å². The summed E-state index contributed by atoms with van der Waals surface area (Å²) >= 11 is 0. The van der Waals surface area contributed by atoms with E-state index in [1.807, 2.05) is 0 Å². The molecule has 3 N–H and O–H groups in total. The zero-order valence-corrected chi connectivity index (χ0v) is 5.66. The van der Waals surface area contributed by atoms with Crippen molar-refractivity contribution in [3.8, 4) is 0 Å². The van der Waals surface area contributed by atoms with Crippen LogP contribution in [-0.2, 0) is 4.74 Å². The van der Waals surface area contributed by atoms with Crippen LogP contribution >= 0.6 is 0 Å². The van der Waals surface area contributed by atoms with Gasteiger partial charge in [0.25, 0.3) is 0 Å². The van der Waals surface area contributed by atoms with Crippen LogP contribution in [0.5, 0.6) is 0 Å². The molecule has 1 rings (SSSR count). The molecule has 0 radical (unpaired) electrons. The van der Waals surface area contributed by atoms with Crippen LogP contribution in [0.3, 0.4) is 0 Å². The predicted molar refractivity (Wildman–Crippen MR) is 36.0 cm³/mol. The van der Waals surface area contributed by atoms with Crippen LogP contribution in [0.4, 0.5) is 0 Å². The van der Waals surface area contributed by atoms with E-state index in [1.54, 1.807) is 19.1 Å². The SMILES string of the molecule is CC1=CC=C(N)C(N=N)O1. The van der Waals surface area contributed by atoms with Gasteiger partial charge < -0.3 is 10.5 Å². The molecule has 1 atom stereocenters. The zero-order chi connectivity index (χ0) is 7.56. The predicted octanol–water partition coefficient (Wildman–Crippen LogP) is 1.12. The van der Waals surface area contributed by atoms with Gasteiger partial charge in [-0.25, -0.2) is 5.53 Å². The molecule has 0 fully saturated rings. The summed E-state index contributed by atoms with van der Waals surface area (Å²) in [5.41, 5.74) is 12.6. The molecule has 0 saturated carbocycles. The summed E-state index contributed by atoms with van der Waals surface area (Å²) in [5, 5.41) is 3.17. The highest BCUT2D eigenvalue weighted by Gasteiger charge is 2.13. The molecule has 4 nitrogen and oxygen atoms in total. The van der Waals surface area contributed by atoms with Crippen molar-refractivity contribution in [3.63, 3.8) is 0 Å². The van der Waals surface area contributed by atoms with Crippen molar-refractivity contribution in [1.29, 1.82) is 5.53 Å². The number of hydrogen-bond donors (Lipinski definition) is 2. The highest BCUT2D eigenvalue weighted by atomic mass is 16.5. The minimum atomic E-state index is -0.606. The van der Waals surface area contributed by atoms with E-state index < -0.39 is 6.23 Å². The third kappa shape index (κ3) is 1.15. The zero-order valence-electron chi connectivity index (χ0n) is 5.66. The Kier molecular flexibility index (Phi) is 1.71. The van der Waals surface area contributed by atoms with Gasteiger partial charge in [0.2, 0.25) is 6.23 Å². The van der Waals surface area contributed by atoms with Gasteiger partial charge in [0, 0.05) is 0 Å². The van der Waals surface area contributed by atoms with Gasteiger partial charge in [0.1, 0.15) is 0 Å². The van der Waals surface area contributed by atoms with Crippen LogP contribution in [0.2, 0.25) is 0 Å². The molecule has 0 aromatic heterocycles. The number of nitrogens with zero attached hydrogens (tertiary/aromatic N) is 1. The van der Waals surface area contributed by atoms with Gasteiger partial charge in [0.05, 0.1) is 11.5 Å². The molecular formula is C6H9N3O. The van der Waals surface area contributed by atoms with E-state index in [1.165, 1.54) is 0 Å². The van der Waals surface area contributed by atoms with Crippen LogP contribution in [-0.4, -0.2) is 6.23 Å². The third-order valence-corrected chi connectivity index (χ3v) is 1.21. The van der Waals surface area contributed by atoms with Gasteiger partial charge in [-0.05, 0) is 19.1 Å². The van der Waals surface area contributed by atoms with Crippen LogP contribution in [0.25, 0.3) is 0 Å². The van der Waals surface area contributed by atoms with Crippen LogP contribution < -0.4 is 5.73 Å². The summed E-state index contributed by atoms with van der Waals surface area (Å²) in [6.07, 6.45) is 2.84. The number of ether oxygens (including phenoxy) is 1. The quantitative estimate of drug-likeness (QED) is 0.534. The van der Waals surface area contributed by atoms with Crippen LogP contribution in [0.1, 0.15) is 6.92 Å². The molecule has 1 aliphatic rings. The molecule has 0 spiro atoms. The summed E-state index contributed by atoms with van der Waals surface area (Å²) in [7, 11) is 0. The smallest absolute Gasteiger partial charge is 0.247 e. The number of nitrogens with one attached hydrogen (secondary N) is 1. The van der Waals surface area contributed by atoms with Crippen molar-refractivity contribution in [2.24, 2.45) is 10.8 Å². The third-order valence-electron chi connectivity index (χ3n) is 1.21. The van der Waals surface area contributed by atoms with E-state index in [9.17, 15) is 0 Å². The van der Waals surface area contributed by atoms with Gasteiger partial charge >= 0.3 is 0 Å². The fourth-order valence-electron chi connectivity index (χ4n) is 0.680. The van der Waals surface area contributed by atoms with Gasteiger partial charge in [-0.2, -0.15) is 0 Å². The molecule has 0 aromatic carbocycles. The number of allylic oxidation sites excluding steroid dienone is 3. The fourth-order valence-corrected chi connectivity index (χ4v) is 0.680. The molecule has 54 valence electrons. The highest BCUT2D eigenvalue weighted by molar-refractivity contribution is 5.19. The van der Waals surface area contributed by atoms with Gasteiger partial charge in [-0.1, -0.05) is 0 Å². The molecular weight excluding hydrogens is 130 g/mol. The molecule has 0 saturated heterocycles. The lowest BCUT2D eigenvalue weighted by Gasteiger charge is -2.16. The van der Waals surface area contributed by atoms with E-state index in [-0.39, 0.29) is 0 Å². The molecule has 1 unspecified atom stereocenters. The van der Waals surface area contributed by atoms with Gasteiger partial charge in [-0.15, -0.1) is 5.11 Å². The number of rotatable bonds is 1. The lowest BCUT2D eigenvalue weighted by atomic mass is 10.3. The first kappa shape index (κ1) is 6.80. The van der Waals surface area contributed by atoms with Crippen LogP contribution in [0.15, 0.2) is 28.7 Å². The largest absolute Gasteiger partial charge is 0.466 e. The summed E-state index contributed by atoms with van der Waals surface area (Å²) in [5.74, 6) is 0.732. The Bertz CT molecular complexity index is 207. The maximum absolute atomic E-state index is 6.67. The second-order valence-corrected chi connectivity index (χ2v) is 2.04. The molecule has 0 amide bonds. The molecule has 0 aliphatic carbocycles. The minimum absolute atomic E-state index is 0.473. The Labute approximate surface area is 58.9 Å². The summed E-state index contributed by atoms with van der Waals surface area (Å²) in [4.78, 5) is 0. The first-order valence-electron chi connectivity index (χ1n) is 2.91. The average molecular weight is 139 g/mol. The first-order valence-corrected chi connectivity index (χ1v) is 2.91. The summed E-state index contributed by atoms with van der Waals surface area (Å²) in [6, 6.07) is 0. The maximum atomic E-state index is 6.67. The maximum Gasteiger partial charge on any atom is 0.247 e. The molecule has 4 heteroatoms.